The molecule has 0 unspecified atom stereocenters. The molecule has 27 heavy (non-hydrogen) atoms. The first-order valence-electron chi connectivity index (χ1n) is 8.82. The van der Waals surface area contributed by atoms with Crippen molar-refractivity contribution >= 4 is 17.1 Å². The van der Waals surface area contributed by atoms with Gasteiger partial charge in [-0.05, 0) is 41.8 Å². The maximum atomic E-state index is 13.5. The van der Waals surface area contributed by atoms with Gasteiger partial charge in [0, 0.05) is 19.2 Å². The number of allylic oxidation sites excluding steroid dienone is 1. The molecule has 0 atom stereocenters. The van der Waals surface area contributed by atoms with Gasteiger partial charge < -0.3 is 23.8 Å². The minimum atomic E-state index is -0.0513. The molecule has 5 rings (SSSR count). The summed E-state index contributed by atoms with van der Waals surface area (Å²) in [7, 11) is 5.15. The van der Waals surface area contributed by atoms with Crippen LogP contribution in [0.15, 0.2) is 24.3 Å². The van der Waals surface area contributed by atoms with Gasteiger partial charge in [-0.2, -0.15) is 0 Å². The summed E-state index contributed by atoms with van der Waals surface area (Å²) in [4.78, 5) is 15.7. The summed E-state index contributed by atoms with van der Waals surface area (Å²) in [5.41, 5.74) is 5.03. The standard InChI is InChI=1S/C21H19NO5/c1-22-7-6-11-8-15-16(27-10-26-15)9-13(11)17-19(22)12-4-5-14(24-2)21(25-3)18(12)20(17)23/h4-5,8-9H,6-7,10H2,1-3H3. The lowest BCUT2D eigenvalue weighted by Gasteiger charge is -2.21. The van der Waals surface area contributed by atoms with E-state index in [-0.39, 0.29) is 12.6 Å². The Labute approximate surface area is 156 Å². The van der Waals surface area contributed by atoms with Gasteiger partial charge in [0.05, 0.1) is 31.1 Å². The number of ketones is 1. The normalized spacial score (nSPS) is 16.7. The molecule has 0 aromatic heterocycles. The molecule has 0 spiro atoms. The van der Waals surface area contributed by atoms with E-state index in [1.807, 2.05) is 31.3 Å². The van der Waals surface area contributed by atoms with Crippen LogP contribution in [0.2, 0.25) is 0 Å². The highest BCUT2D eigenvalue weighted by molar-refractivity contribution is 6.41. The zero-order chi connectivity index (χ0) is 18.7. The molecular weight excluding hydrogens is 346 g/mol. The van der Waals surface area contributed by atoms with E-state index in [4.69, 9.17) is 18.9 Å². The van der Waals surface area contributed by atoms with Crippen molar-refractivity contribution in [3.05, 3.63) is 46.5 Å². The van der Waals surface area contributed by atoms with E-state index in [1.165, 1.54) is 0 Å². The largest absolute Gasteiger partial charge is 0.493 e. The zero-order valence-corrected chi connectivity index (χ0v) is 15.4. The Bertz CT molecular complexity index is 1020. The van der Waals surface area contributed by atoms with Crippen molar-refractivity contribution < 1.29 is 23.7 Å². The summed E-state index contributed by atoms with van der Waals surface area (Å²) in [6, 6.07) is 7.71. The second kappa shape index (κ2) is 5.67. The minimum Gasteiger partial charge on any atom is -0.493 e. The molecule has 0 radical (unpaired) electrons. The molecule has 2 heterocycles. The van der Waals surface area contributed by atoms with Crippen molar-refractivity contribution in [2.75, 3.05) is 34.6 Å². The van der Waals surface area contributed by atoms with E-state index in [1.54, 1.807) is 14.2 Å². The summed E-state index contributed by atoms with van der Waals surface area (Å²) in [6.45, 7) is 1.01. The van der Waals surface area contributed by atoms with Crippen LogP contribution in [0.1, 0.15) is 27.0 Å². The van der Waals surface area contributed by atoms with Gasteiger partial charge in [0.15, 0.2) is 28.8 Å². The molecule has 138 valence electrons. The van der Waals surface area contributed by atoms with Crippen LogP contribution in [0.3, 0.4) is 0 Å². The van der Waals surface area contributed by atoms with E-state index in [0.29, 0.717) is 28.4 Å². The Morgan fingerprint density at radius 1 is 1.04 bits per heavy atom. The first-order chi connectivity index (χ1) is 13.1. The number of hydrogen-bond donors (Lipinski definition) is 0. The van der Waals surface area contributed by atoms with E-state index < -0.39 is 0 Å². The fourth-order valence-corrected chi connectivity index (χ4v) is 4.19. The number of carbonyl (C=O) groups excluding carboxylic acids is 1. The molecule has 2 aromatic carbocycles. The predicted molar refractivity (Wildman–Crippen MR) is 99.6 cm³/mol. The molecule has 3 aliphatic rings. The van der Waals surface area contributed by atoms with Gasteiger partial charge in [-0.15, -0.1) is 0 Å². The SMILES string of the molecule is COc1ccc2c(c1OC)C(=O)C1=C2N(C)CCc2cc3c(cc21)OCO3. The minimum absolute atomic E-state index is 0.0513. The highest BCUT2D eigenvalue weighted by Gasteiger charge is 2.39. The van der Waals surface area contributed by atoms with Gasteiger partial charge in [0.25, 0.3) is 0 Å². The van der Waals surface area contributed by atoms with Gasteiger partial charge in [-0.25, -0.2) is 0 Å². The number of ether oxygens (including phenoxy) is 4. The van der Waals surface area contributed by atoms with Gasteiger partial charge in [-0.1, -0.05) is 0 Å². The smallest absolute Gasteiger partial charge is 0.231 e. The molecule has 0 saturated carbocycles. The number of benzene rings is 2. The fourth-order valence-electron chi connectivity index (χ4n) is 4.19. The highest BCUT2D eigenvalue weighted by Crippen LogP contribution is 2.50. The molecule has 0 fully saturated rings. The lowest BCUT2D eigenvalue weighted by Crippen LogP contribution is -2.18. The van der Waals surface area contributed by atoms with E-state index in [0.717, 1.165) is 41.1 Å². The maximum Gasteiger partial charge on any atom is 0.231 e. The number of hydrogen-bond acceptors (Lipinski definition) is 6. The Balaban J connectivity index is 1.78. The van der Waals surface area contributed by atoms with Crippen molar-refractivity contribution in [1.29, 1.82) is 0 Å². The summed E-state index contributed by atoms with van der Waals surface area (Å²) in [6.07, 6.45) is 0.825. The Morgan fingerprint density at radius 3 is 2.56 bits per heavy atom. The van der Waals surface area contributed by atoms with Crippen LogP contribution in [-0.4, -0.2) is 45.3 Å². The van der Waals surface area contributed by atoms with E-state index >= 15 is 0 Å². The van der Waals surface area contributed by atoms with Crippen LogP contribution >= 0.6 is 0 Å². The van der Waals surface area contributed by atoms with Crippen LogP contribution in [0, 0.1) is 0 Å². The van der Waals surface area contributed by atoms with Gasteiger partial charge in [-0.3, -0.25) is 4.79 Å². The number of methoxy groups -OCH3 is 2. The lowest BCUT2D eigenvalue weighted by molar-refractivity contribution is 0.105. The molecule has 0 bridgehead atoms. The third-order valence-corrected chi connectivity index (χ3v) is 5.46. The van der Waals surface area contributed by atoms with Gasteiger partial charge in [0.2, 0.25) is 6.79 Å². The average molecular weight is 365 g/mol. The summed E-state index contributed by atoms with van der Waals surface area (Å²) >= 11 is 0. The van der Waals surface area contributed by atoms with E-state index in [2.05, 4.69) is 4.90 Å². The number of nitrogens with zero attached hydrogens (tertiary/aromatic N) is 1. The molecule has 6 nitrogen and oxygen atoms in total. The molecular formula is C21H19NO5. The zero-order valence-electron chi connectivity index (χ0n) is 15.4. The number of fused-ring (bicyclic) bond motifs is 5. The third-order valence-electron chi connectivity index (χ3n) is 5.46. The highest BCUT2D eigenvalue weighted by atomic mass is 16.7. The first kappa shape index (κ1) is 16.1. The molecule has 2 aliphatic heterocycles. The molecule has 0 N–H and O–H groups in total. The molecule has 6 heteroatoms. The molecule has 0 saturated heterocycles. The Hall–Kier alpha value is -3.15. The molecule has 1 aliphatic carbocycles. The van der Waals surface area contributed by atoms with Crippen LogP contribution < -0.4 is 18.9 Å². The quantitative estimate of drug-likeness (QED) is 0.816. The lowest BCUT2D eigenvalue weighted by atomic mass is 9.95. The van der Waals surface area contributed by atoms with Crippen molar-refractivity contribution in [3.63, 3.8) is 0 Å². The topological polar surface area (TPSA) is 57.2 Å². The van der Waals surface area contributed by atoms with E-state index in [9.17, 15) is 4.79 Å². The summed E-state index contributed by atoms with van der Waals surface area (Å²) in [5.74, 6) is 2.39. The van der Waals surface area contributed by atoms with Crippen LogP contribution in [0.25, 0.3) is 11.3 Å². The average Bonchev–Trinajstić information content (AvgIpc) is 3.22. The number of rotatable bonds is 2. The van der Waals surface area contributed by atoms with Crippen molar-refractivity contribution in [1.82, 2.24) is 4.90 Å². The number of carbonyl (C=O) groups is 1. The summed E-state index contributed by atoms with van der Waals surface area (Å²) in [5, 5.41) is 0. The van der Waals surface area contributed by atoms with Crippen LogP contribution in [0.4, 0.5) is 0 Å². The number of likely N-dealkylation sites (N-methyl/N-ethyl adjacent to an activating group) is 1. The number of Topliss-reactive ketones (excluding diaryl/α,β-unsaturated/α-hetero) is 1. The monoisotopic (exact) mass is 365 g/mol. The van der Waals surface area contributed by atoms with Crippen molar-refractivity contribution in [3.8, 4) is 23.0 Å². The van der Waals surface area contributed by atoms with Crippen molar-refractivity contribution in [2.24, 2.45) is 0 Å². The van der Waals surface area contributed by atoms with Gasteiger partial charge in [0.1, 0.15) is 0 Å². The second-order valence-corrected chi connectivity index (χ2v) is 6.81. The molecule has 2 aromatic rings. The van der Waals surface area contributed by atoms with Crippen LogP contribution in [0.5, 0.6) is 23.0 Å². The van der Waals surface area contributed by atoms with Crippen molar-refractivity contribution in [2.45, 2.75) is 6.42 Å². The fraction of sp³-hybridized carbons (Fsp3) is 0.286. The van der Waals surface area contributed by atoms with Gasteiger partial charge >= 0.3 is 0 Å². The van der Waals surface area contributed by atoms with Crippen LogP contribution in [-0.2, 0) is 6.42 Å². The first-order valence-corrected chi connectivity index (χ1v) is 8.82. The Kier molecular flexibility index (Phi) is 3.37. The predicted octanol–water partition coefficient (Wildman–Crippen LogP) is 2.99. The third kappa shape index (κ3) is 2.10. The molecule has 0 amide bonds. The Morgan fingerprint density at radius 2 is 1.81 bits per heavy atom. The summed E-state index contributed by atoms with van der Waals surface area (Å²) < 4.78 is 22.0. The second-order valence-electron chi connectivity index (χ2n) is 6.81. The maximum absolute atomic E-state index is 13.5.